The van der Waals surface area contributed by atoms with Crippen LogP contribution < -0.4 is 5.32 Å². The molecule has 1 heterocycles. The van der Waals surface area contributed by atoms with Gasteiger partial charge in [-0.1, -0.05) is 27.2 Å². The van der Waals surface area contributed by atoms with Crippen LogP contribution >= 0.6 is 0 Å². The van der Waals surface area contributed by atoms with Crippen LogP contribution in [0.5, 0.6) is 0 Å². The van der Waals surface area contributed by atoms with Gasteiger partial charge in [0.05, 0.1) is 0 Å². The van der Waals surface area contributed by atoms with E-state index in [9.17, 15) is 0 Å². The second-order valence-electron chi connectivity index (χ2n) is 4.07. The Kier molecular flexibility index (Phi) is 4.66. The molecule has 0 amide bonds. The van der Waals surface area contributed by atoms with Crippen molar-refractivity contribution < 1.29 is 0 Å². The molecule has 0 saturated carbocycles. The van der Waals surface area contributed by atoms with Gasteiger partial charge in [-0.2, -0.15) is 5.10 Å². The van der Waals surface area contributed by atoms with Crippen molar-refractivity contribution in [1.82, 2.24) is 10.2 Å². The summed E-state index contributed by atoms with van der Waals surface area (Å²) in [4.78, 5) is 0. The van der Waals surface area contributed by atoms with Crippen LogP contribution in [0, 0.1) is 6.92 Å². The Morgan fingerprint density at radius 1 is 1.33 bits per heavy atom. The van der Waals surface area contributed by atoms with E-state index in [-0.39, 0.29) is 0 Å². The molecule has 86 valence electrons. The molecule has 0 aliphatic carbocycles. The van der Waals surface area contributed by atoms with Gasteiger partial charge in [0.15, 0.2) is 5.82 Å². The summed E-state index contributed by atoms with van der Waals surface area (Å²) in [6, 6.07) is 0.557. The molecule has 1 aromatic rings. The predicted octanol–water partition coefficient (Wildman–Crippen LogP) is 3.27. The van der Waals surface area contributed by atoms with Crippen molar-refractivity contribution >= 4 is 5.82 Å². The number of rotatable bonds is 6. The van der Waals surface area contributed by atoms with E-state index >= 15 is 0 Å². The standard InChI is InChI=1S/C12H23N3/c1-5-8-10(6-2)13-12-9(4)11(7-3)14-15-12/h10H,5-8H2,1-4H3,(H2,13,14,15). The second kappa shape index (κ2) is 5.79. The molecule has 1 aromatic heterocycles. The molecule has 2 N–H and O–H groups in total. The molecule has 0 aromatic carbocycles. The number of H-pyrrole nitrogens is 1. The normalized spacial score (nSPS) is 12.8. The maximum Gasteiger partial charge on any atom is 0.151 e. The maximum atomic E-state index is 4.32. The summed E-state index contributed by atoms with van der Waals surface area (Å²) in [7, 11) is 0. The van der Waals surface area contributed by atoms with Crippen LogP contribution in [0.15, 0.2) is 0 Å². The molecular formula is C12H23N3. The summed E-state index contributed by atoms with van der Waals surface area (Å²) in [5.74, 6) is 1.03. The van der Waals surface area contributed by atoms with Gasteiger partial charge in [-0.25, -0.2) is 0 Å². The fraction of sp³-hybridized carbons (Fsp3) is 0.750. The largest absolute Gasteiger partial charge is 0.366 e. The van der Waals surface area contributed by atoms with Gasteiger partial charge >= 0.3 is 0 Å². The third-order valence-corrected chi connectivity index (χ3v) is 2.93. The molecule has 0 aliphatic heterocycles. The van der Waals surface area contributed by atoms with Crippen LogP contribution in [-0.2, 0) is 6.42 Å². The molecule has 0 fully saturated rings. The highest BCUT2D eigenvalue weighted by Gasteiger charge is 2.11. The van der Waals surface area contributed by atoms with Gasteiger partial charge in [-0.15, -0.1) is 0 Å². The summed E-state index contributed by atoms with van der Waals surface area (Å²) in [6.45, 7) is 8.71. The van der Waals surface area contributed by atoms with Crippen LogP contribution in [-0.4, -0.2) is 16.2 Å². The number of aryl methyl sites for hydroxylation is 1. The number of aromatic nitrogens is 2. The van der Waals surface area contributed by atoms with E-state index < -0.39 is 0 Å². The second-order valence-corrected chi connectivity index (χ2v) is 4.07. The number of nitrogens with zero attached hydrogens (tertiary/aromatic N) is 1. The Labute approximate surface area is 92.7 Å². The van der Waals surface area contributed by atoms with E-state index in [1.165, 1.54) is 24.1 Å². The summed E-state index contributed by atoms with van der Waals surface area (Å²) in [5, 5.41) is 10.9. The van der Waals surface area contributed by atoms with Crippen LogP contribution in [0.2, 0.25) is 0 Å². The fourth-order valence-corrected chi connectivity index (χ4v) is 1.84. The maximum absolute atomic E-state index is 4.32. The van der Waals surface area contributed by atoms with Crippen LogP contribution in [0.4, 0.5) is 5.82 Å². The van der Waals surface area contributed by atoms with Gasteiger partial charge in [0.25, 0.3) is 0 Å². The highest BCUT2D eigenvalue weighted by molar-refractivity contribution is 5.46. The van der Waals surface area contributed by atoms with Gasteiger partial charge in [-0.05, 0) is 26.2 Å². The number of anilines is 1. The lowest BCUT2D eigenvalue weighted by Gasteiger charge is -2.15. The summed E-state index contributed by atoms with van der Waals surface area (Å²) in [6.07, 6.45) is 4.60. The lowest BCUT2D eigenvalue weighted by atomic mass is 10.1. The molecule has 3 nitrogen and oxygen atoms in total. The molecule has 3 heteroatoms. The molecular weight excluding hydrogens is 186 g/mol. The van der Waals surface area contributed by atoms with Crippen molar-refractivity contribution in [3.05, 3.63) is 11.3 Å². The van der Waals surface area contributed by atoms with E-state index in [1.54, 1.807) is 0 Å². The third kappa shape index (κ3) is 2.98. The Morgan fingerprint density at radius 3 is 2.53 bits per heavy atom. The van der Waals surface area contributed by atoms with Crippen LogP contribution in [0.3, 0.4) is 0 Å². The highest BCUT2D eigenvalue weighted by Crippen LogP contribution is 2.18. The monoisotopic (exact) mass is 209 g/mol. The average Bonchev–Trinajstić information content (AvgIpc) is 2.59. The highest BCUT2D eigenvalue weighted by atomic mass is 15.2. The Bertz CT molecular complexity index is 291. The molecule has 0 bridgehead atoms. The Hall–Kier alpha value is -0.990. The molecule has 1 unspecified atom stereocenters. The first kappa shape index (κ1) is 12.1. The zero-order valence-corrected chi connectivity index (χ0v) is 10.4. The topological polar surface area (TPSA) is 40.7 Å². The van der Waals surface area contributed by atoms with Crippen molar-refractivity contribution in [2.24, 2.45) is 0 Å². The Balaban J connectivity index is 2.66. The van der Waals surface area contributed by atoms with Crippen molar-refractivity contribution in [3.8, 4) is 0 Å². The lowest BCUT2D eigenvalue weighted by molar-refractivity contribution is 0.620. The number of hydrogen-bond acceptors (Lipinski definition) is 2. The first-order chi connectivity index (χ1) is 7.22. The quantitative estimate of drug-likeness (QED) is 0.755. The van der Waals surface area contributed by atoms with Crippen LogP contribution in [0.25, 0.3) is 0 Å². The SMILES string of the molecule is CCCC(CC)Nc1n[nH]c(CC)c1C. The number of nitrogens with one attached hydrogen (secondary N) is 2. The first-order valence-electron chi connectivity index (χ1n) is 6.03. The van der Waals surface area contributed by atoms with Gasteiger partial charge in [0, 0.05) is 17.3 Å². The summed E-state index contributed by atoms with van der Waals surface area (Å²) >= 11 is 0. The van der Waals surface area contributed by atoms with E-state index in [0.29, 0.717) is 6.04 Å². The summed E-state index contributed by atoms with van der Waals surface area (Å²) < 4.78 is 0. The molecule has 0 spiro atoms. The molecule has 15 heavy (non-hydrogen) atoms. The van der Waals surface area contributed by atoms with Crippen molar-refractivity contribution in [2.45, 2.75) is 59.4 Å². The van der Waals surface area contributed by atoms with E-state index in [1.807, 2.05) is 0 Å². The Morgan fingerprint density at radius 2 is 2.07 bits per heavy atom. The minimum atomic E-state index is 0.557. The lowest BCUT2D eigenvalue weighted by Crippen LogP contribution is -2.18. The summed E-state index contributed by atoms with van der Waals surface area (Å²) in [5.41, 5.74) is 2.51. The van der Waals surface area contributed by atoms with Gasteiger partial charge in [0.2, 0.25) is 0 Å². The zero-order chi connectivity index (χ0) is 11.3. The van der Waals surface area contributed by atoms with E-state index in [2.05, 4.69) is 43.2 Å². The third-order valence-electron chi connectivity index (χ3n) is 2.93. The van der Waals surface area contributed by atoms with E-state index in [4.69, 9.17) is 0 Å². The van der Waals surface area contributed by atoms with Crippen LogP contribution in [0.1, 0.15) is 51.3 Å². The average molecular weight is 209 g/mol. The molecule has 0 saturated heterocycles. The predicted molar refractivity (Wildman–Crippen MR) is 65.3 cm³/mol. The van der Waals surface area contributed by atoms with Crippen molar-refractivity contribution in [1.29, 1.82) is 0 Å². The first-order valence-corrected chi connectivity index (χ1v) is 6.03. The molecule has 1 atom stereocenters. The molecule has 0 radical (unpaired) electrons. The van der Waals surface area contributed by atoms with Crippen molar-refractivity contribution in [2.75, 3.05) is 5.32 Å². The number of aromatic amines is 1. The minimum absolute atomic E-state index is 0.557. The zero-order valence-electron chi connectivity index (χ0n) is 10.4. The van der Waals surface area contributed by atoms with Gasteiger partial charge in [0.1, 0.15) is 0 Å². The molecule has 0 aliphatic rings. The molecule has 1 rings (SSSR count). The van der Waals surface area contributed by atoms with Gasteiger partial charge < -0.3 is 5.32 Å². The number of hydrogen-bond donors (Lipinski definition) is 2. The minimum Gasteiger partial charge on any atom is -0.366 e. The van der Waals surface area contributed by atoms with Crippen molar-refractivity contribution in [3.63, 3.8) is 0 Å². The fourth-order valence-electron chi connectivity index (χ4n) is 1.84. The van der Waals surface area contributed by atoms with Gasteiger partial charge in [-0.3, -0.25) is 5.10 Å². The smallest absolute Gasteiger partial charge is 0.151 e. The van der Waals surface area contributed by atoms with E-state index in [0.717, 1.165) is 18.7 Å².